The van der Waals surface area contributed by atoms with Gasteiger partial charge in [0.15, 0.2) is 0 Å². The van der Waals surface area contributed by atoms with Crippen molar-refractivity contribution in [1.82, 2.24) is 4.90 Å². The second-order valence-electron chi connectivity index (χ2n) is 5.84. The second kappa shape index (κ2) is 6.12. The average Bonchev–Trinajstić information content (AvgIpc) is 2.56. The number of carbonyl (C=O) groups excluding carboxylic acids is 1. The van der Waals surface area contributed by atoms with E-state index in [1.54, 1.807) is 0 Å². The lowest BCUT2D eigenvalue weighted by molar-refractivity contribution is -0.132. The molecule has 0 spiro atoms. The number of likely N-dealkylation sites (tertiary alicyclic amines) is 1. The Kier molecular flexibility index (Phi) is 4.78. The van der Waals surface area contributed by atoms with Crippen molar-refractivity contribution in [1.29, 1.82) is 0 Å². The molecule has 1 heterocycles. The van der Waals surface area contributed by atoms with Crippen LogP contribution in [0, 0.1) is 5.41 Å². The number of amides is 1. The molecule has 2 aliphatic rings. The summed E-state index contributed by atoms with van der Waals surface area (Å²) in [5, 5.41) is 0. The molecule has 1 aliphatic heterocycles. The van der Waals surface area contributed by atoms with E-state index in [0.717, 1.165) is 31.7 Å². The Labute approximate surface area is 111 Å². The van der Waals surface area contributed by atoms with Crippen LogP contribution in [0.1, 0.15) is 57.8 Å². The summed E-state index contributed by atoms with van der Waals surface area (Å²) in [4.78, 5) is 14.2. The summed E-state index contributed by atoms with van der Waals surface area (Å²) in [5.41, 5.74) is 0.321. The van der Waals surface area contributed by atoms with Crippen LogP contribution in [-0.2, 0) is 4.79 Å². The largest absolute Gasteiger partial charge is 0.342 e. The number of hydrogen-bond acceptors (Lipinski definition) is 2. The third-order valence-electron chi connectivity index (χ3n) is 4.45. The maximum atomic E-state index is 12.0. The molecule has 0 aromatic rings. The number of nitrogens with zero attached hydrogens (tertiary/aromatic N) is 1. The molecule has 0 N–H and O–H groups in total. The van der Waals surface area contributed by atoms with E-state index in [0.29, 0.717) is 11.3 Å². The normalized spacial score (nSPS) is 25.7. The van der Waals surface area contributed by atoms with E-state index in [9.17, 15) is 4.79 Å². The monoisotopic (exact) mass is 255 g/mol. The van der Waals surface area contributed by atoms with Crippen molar-refractivity contribution in [2.24, 2.45) is 5.41 Å². The minimum atomic E-state index is 0.321. The van der Waals surface area contributed by atoms with Crippen LogP contribution < -0.4 is 0 Å². The Balaban J connectivity index is 1.98. The van der Waals surface area contributed by atoms with Crippen molar-refractivity contribution in [3.63, 3.8) is 0 Å². The first-order valence-electron chi connectivity index (χ1n) is 7.14. The number of hydrogen-bond donors (Lipinski definition) is 1. The van der Waals surface area contributed by atoms with Gasteiger partial charge in [0.1, 0.15) is 0 Å². The fraction of sp³-hybridized carbons (Fsp3) is 0.929. The zero-order valence-electron chi connectivity index (χ0n) is 10.8. The zero-order valence-corrected chi connectivity index (χ0v) is 11.7. The van der Waals surface area contributed by atoms with Crippen LogP contribution in [0.2, 0.25) is 0 Å². The highest BCUT2D eigenvalue weighted by Gasteiger charge is 2.34. The highest BCUT2D eigenvalue weighted by Crippen LogP contribution is 2.38. The van der Waals surface area contributed by atoms with E-state index in [4.69, 9.17) is 0 Å². The van der Waals surface area contributed by atoms with Crippen LogP contribution in [0.4, 0.5) is 0 Å². The average molecular weight is 255 g/mol. The summed E-state index contributed by atoms with van der Waals surface area (Å²) in [7, 11) is 0. The summed E-state index contributed by atoms with van der Waals surface area (Å²) in [6, 6.07) is 0. The van der Waals surface area contributed by atoms with Crippen molar-refractivity contribution in [2.45, 2.75) is 57.8 Å². The van der Waals surface area contributed by atoms with E-state index in [1.165, 1.54) is 44.9 Å². The fourth-order valence-electron chi connectivity index (χ4n) is 3.28. The van der Waals surface area contributed by atoms with Crippen molar-refractivity contribution < 1.29 is 4.79 Å². The number of rotatable bonds is 3. The van der Waals surface area contributed by atoms with Gasteiger partial charge >= 0.3 is 0 Å². The molecule has 17 heavy (non-hydrogen) atoms. The molecule has 2 fully saturated rings. The molecule has 1 amide bonds. The van der Waals surface area contributed by atoms with Crippen molar-refractivity contribution in [3.05, 3.63) is 0 Å². The van der Waals surface area contributed by atoms with Crippen LogP contribution in [0.3, 0.4) is 0 Å². The molecular formula is C14H25NOS. The predicted octanol–water partition coefficient (Wildman–Crippen LogP) is 3.27. The summed E-state index contributed by atoms with van der Waals surface area (Å²) in [5.74, 6) is 1.32. The van der Waals surface area contributed by atoms with E-state index >= 15 is 0 Å². The van der Waals surface area contributed by atoms with Crippen LogP contribution >= 0.6 is 12.6 Å². The van der Waals surface area contributed by atoms with Gasteiger partial charge < -0.3 is 4.90 Å². The standard InChI is InChI=1S/C14H25NOS/c16-13-7-3-1-6-10-15(13)11-14(12-17)8-4-2-5-9-14/h17H,1-12H2. The van der Waals surface area contributed by atoms with Gasteiger partial charge in [-0.05, 0) is 36.9 Å². The lowest BCUT2D eigenvalue weighted by atomic mass is 9.75. The van der Waals surface area contributed by atoms with Crippen LogP contribution in [0.25, 0.3) is 0 Å². The van der Waals surface area contributed by atoms with Gasteiger partial charge in [0.25, 0.3) is 0 Å². The molecular weight excluding hydrogens is 230 g/mol. The van der Waals surface area contributed by atoms with E-state index in [2.05, 4.69) is 17.5 Å². The molecule has 0 unspecified atom stereocenters. The SMILES string of the molecule is O=C1CCCCCN1CC1(CS)CCCCC1. The molecule has 0 atom stereocenters. The minimum absolute atomic E-state index is 0.321. The molecule has 1 aliphatic carbocycles. The van der Waals surface area contributed by atoms with Gasteiger partial charge in [-0.25, -0.2) is 0 Å². The molecule has 0 aromatic carbocycles. The van der Waals surface area contributed by atoms with Gasteiger partial charge in [-0.3, -0.25) is 4.79 Å². The third kappa shape index (κ3) is 3.40. The maximum Gasteiger partial charge on any atom is 0.222 e. The molecule has 2 nitrogen and oxygen atoms in total. The number of carbonyl (C=O) groups is 1. The third-order valence-corrected chi connectivity index (χ3v) is 5.12. The molecule has 3 heteroatoms. The predicted molar refractivity (Wildman–Crippen MR) is 74.4 cm³/mol. The highest BCUT2D eigenvalue weighted by molar-refractivity contribution is 7.80. The Hall–Kier alpha value is -0.180. The van der Waals surface area contributed by atoms with E-state index in [-0.39, 0.29) is 0 Å². The zero-order chi connectivity index (χ0) is 12.1. The second-order valence-corrected chi connectivity index (χ2v) is 6.16. The molecule has 0 radical (unpaired) electrons. The maximum absolute atomic E-state index is 12.0. The highest BCUT2D eigenvalue weighted by atomic mass is 32.1. The molecule has 1 saturated heterocycles. The van der Waals surface area contributed by atoms with Crippen LogP contribution in [0.15, 0.2) is 0 Å². The lowest BCUT2D eigenvalue weighted by Crippen LogP contribution is -2.43. The molecule has 98 valence electrons. The molecule has 2 rings (SSSR count). The fourth-order valence-corrected chi connectivity index (χ4v) is 3.69. The number of thiol groups is 1. The van der Waals surface area contributed by atoms with Gasteiger partial charge in [-0.15, -0.1) is 0 Å². The van der Waals surface area contributed by atoms with Crippen LogP contribution in [0.5, 0.6) is 0 Å². The summed E-state index contributed by atoms with van der Waals surface area (Å²) in [6.45, 7) is 1.95. The molecule has 0 bridgehead atoms. The van der Waals surface area contributed by atoms with Gasteiger partial charge in [-0.1, -0.05) is 25.7 Å². The van der Waals surface area contributed by atoms with Crippen molar-refractivity contribution in [2.75, 3.05) is 18.8 Å². The van der Waals surface area contributed by atoms with Gasteiger partial charge in [0, 0.05) is 19.5 Å². The van der Waals surface area contributed by atoms with Crippen molar-refractivity contribution in [3.8, 4) is 0 Å². The Morgan fingerprint density at radius 3 is 2.47 bits per heavy atom. The van der Waals surface area contributed by atoms with Gasteiger partial charge in [-0.2, -0.15) is 12.6 Å². The summed E-state index contributed by atoms with van der Waals surface area (Å²) in [6.07, 6.45) is 10.8. The quantitative estimate of drug-likeness (QED) is 0.767. The minimum Gasteiger partial charge on any atom is -0.342 e. The smallest absolute Gasteiger partial charge is 0.222 e. The first kappa shape index (κ1) is 13.3. The molecule has 0 aromatic heterocycles. The van der Waals surface area contributed by atoms with Crippen molar-refractivity contribution >= 4 is 18.5 Å². The Morgan fingerprint density at radius 1 is 1.06 bits per heavy atom. The topological polar surface area (TPSA) is 20.3 Å². The Morgan fingerprint density at radius 2 is 1.76 bits per heavy atom. The van der Waals surface area contributed by atoms with E-state index in [1.807, 2.05) is 0 Å². The van der Waals surface area contributed by atoms with Gasteiger partial charge in [0.05, 0.1) is 0 Å². The van der Waals surface area contributed by atoms with Gasteiger partial charge in [0.2, 0.25) is 5.91 Å². The Bertz CT molecular complexity index is 261. The summed E-state index contributed by atoms with van der Waals surface area (Å²) >= 11 is 4.57. The lowest BCUT2D eigenvalue weighted by Gasteiger charge is -2.40. The molecule has 1 saturated carbocycles. The summed E-state index contributed by atoms with van der Waals surface area (Å²) < 4.78 is 0. The first-order chi connectivity index (χ1) is 8.26. The van der Waals surface area contributed by atoms with Crippen LogP contribution in [-0.4, -0.2) is 29.6 Å². The van der Waals surface area contributed by atoms with E-state index < -0.39 is 0 Å². The first-order valence-corrected chi connectivity index (χ1v) is 7.78.